The van der Waals surface area contributed by atoms with E-state index in [-0.39, 0.29) is 18.1 Å². The van der Waals surface area contributed by atoms with E-state index < -0.39 is 0 Å². The maximum atomic E-state index is 12.3. The fraction of sp³-hybridized carbons (Fsp3) is 0.529. The third-order valence-electron chi connectivity index (χ3n) is 4.71. The maximum absolute atomic E-state index is 12.3. The monoisotopic (exact) mass is 316 g/mol. The van der Waals surface area contributed by atoms with Crippen molar-refractivity contribution in [3.05, 3.63) is 34.7 Å². The topological polar surface area (TPSA) is 59.3 Å². The van der Waals surface area contributed by atoms with E-state index in [1.54, 1.807) is 11.6 Å². The number of carbonyl (C=O) groups is 1. The molecule has 1 aliphatic rings. The summed E-state index contributed by atoms with van der Waals surface area (Å²) in [4.78, 5) is 26.9. The molecule has 1 aromatic heterocycles. The number of aryl methyl sites for hydroxylation is 1. The van der Waals surface area contributed by atoms with Crippen LogP contribution in [0, 0.1) is 0 Å². The number of carbonyl (C=O) groups excluding carboxylic acids is 1. The van der Waals surface area contributed by atoms with Crippen LogP contribution in [0.2, 0.25) is 0 Å². The molecule has 0 saturated carbocycles. The summed E-state index contributed by atoms with van der Waals surface area (Å²) in [7, 11) is 1.73. The Morgan fingerprint density at radius 1 is 1.22 bits per heavy atom. The molecule has 1 amide bonds. The molecule has 0 unspecified atom stereocenters. The third kappa shape index (κ3) is 3.17. The molecule has 23 heavy (non-hydrogen) atoms. The summed E-state index contributed by atoms with van der Waals surface area (Å²) >= 11 is 0. The van der Waals surface area contributed by atoms with Crippen LogP contribution in [0.3, 0.4) is 0 Å². The predicted molar refractivity (Wildman–Crippen MR) is 90.5 cm³/mol. The lowest BCUT2D eigenvalue weighted by Gasteiger charge is -2.23. The lowest BCUT2D eigenvalue weighted by Crippen LogP contribution is -2.42. The number of para-hydroxylation sites is 2. The summed E-state index contributed by atoms with van der Waals surface area (Å²) in [5.74, 6) is -0.116. The second-order valence-corrected chi connectivity index (χ2v) is 6.31. The van der Waals surface area contributed by atoms with Crippen molar-refractivity contribution in [2.24, 2.45) is 7.05 Å². The molecule has 1 N–H and O–H groups in total. The first-order valence-electron chi connectivity index (χ1n) is 8.23. The number of nitrogens with one attached hydrogen (secondary N) is 1. The first-order valence-corrected chi connectivity index (χ1v) is 8.23. The minimum Gasteiger partial charge on any atom is -0.353 e. The van der Waals surface area contributed by atoms with Crippen molar-refractivity contribution in [1.29, 1.82) is 0 Å². The fourth-order valence-electron chi connectivity index (χ4n) is 3.29. The molecule has 6 heteroatoms. The second kappa shape index (κ2) is 6.58. The SMILES string of the molecule is C[C@@H](CNC(=O)Cn1c(=O)n(C)c2ccccc21)N1CCCC1. The molecule has 2 heterocycles. The average molecular weight is 316 g/mol. The minimum absolute atomic E-state index is 0.0624. The Balaban J connectivity index is 1.66. The maximum Gasteiger partial charge on any atom is 0.329 e. The third-order valence-corrected chi connectivity index (χ3v) is 4.71. The number of benzene rings is 1. The standard InChI is InChI=1S/C17H24N4O2/c1-13(20-9-5-6-10-20)11-18-16(22)12-21-15-8-4-3-7-14(15)19(2)17(21)23/h3-4,7-8,13H,5-6,9-12H2,1-2H3,(H,18,22)/t13-/m0/s1. The molecule has 6 nitrogen and oxygen atoms in total. The van der Waals surface area contributed by atoms with Crippen LogP contribution in [0.5, 0.6) is 0 Å². The summed E-state index contributed by atoms with van der Waals surface area (Å²) in [6.07, 6.45) is 2.48. The zero-order valence-corrected chi connectivity index (χ0v) is 13.8. The van der Waals surface area contributed by atoms with Gasteiger partial charge in [0.1, 0.15) is 6.54 Å². The van der Waals surface area contributed by atoms with Crippen LogP contribution in [0.25, 0.3) is 11.0 Å². The number of nitrogens with zero attached hydrogens (tertiary/aromatic N) is 3. The number of imidazole rings is 1. The minimum atomic E-state index is -0.158. The summed E-state index contributed by atoms with van der Waals surface area (Å²) in [5.41, 5.74) is 1.48. The summed E-state index contributed by atoms with van der Waals surface area (Å²) in [6, 6.07) is 7.87. The van der Waals surface area contributed by atoms with E-state index in [9.17, 15) is 9.59 Å². The molecule has 0 radical (unpaired) electrons. The van der Waals surface area contributed by atoms with Gasteiger partial charge in [-0.1, -0.05) is 12.1 Å². The molecular weight excluding hydrogens is 292 g/mol. The molecule has 1 atom stereocenters. The van der Waals surface area contributed by atoms with Gasteiger partial charge in [-0.3, -0.25) is 18.8 Å². The molecular formula is C17H24N4O2. The Kier molecular flexibility index (Phi) is 4.52. The number of aromatic nitrogens is 2. The van der Waals surface area contributed by atoms with Gasteiger partial charge in [0.25, 0.3) is 0 Å². The zero-order valence-electron chi connectivity index (χ0n) is 13.8. The van der Waals surface area contributed by atoms with E-state index in [0.717, 1.165) is 24.1 Å². The molecule has 0 spiro atoms. The van der Waals surface area contributed by atoms with Crippen LogP contribution in [0.1, 0.15) is 19.8 Å². The highest BCUT2D eigenvalue weighted by atomic mass is 16.2. The van der Waals surface area contributed by atoms with Gasteiger partial charge in [0.2, 0.25) is 5.91 Å². The highest BCUT2D eigenvalue weighted by molar-refractivity contribution is 5.80. The van der Waals surface area contributed by atoms with Gasteiger partial charge in [0, 0.05) is 19.6 Å². The van der Waals surface area contributed by atoms with Gasteiger partial charge in [-0.15, -0.1) is 0 Å². The molecule has 2 aromatic rings. The van der Waals surface area contributed by atoms with Crippen LogP contribution in [-0.2, 0) is 18.4 Å². The molecule has 124 valence electrons. The summed E-state index contributed by atoms with van der Waals surface area (Å²) < 4.78 is 3.11. The highest BCUT2D eigenvalue weighted by Gasteiger charge is 2.19. The van der Waals surface area contributed by atoms with E-state index in [0.29, 0.717) is 12.6 Å². The largest absolute Gasteiger partial charge is 0.353 e. The molecule has 1 saturated heterocycles. The molecule has 1 aliphatic heterocycles. The van der Waals surface area contributed by atoms with Crippen LogP contribution in [0.15, 0.2) is 29.1 Å². The Bertz CT molecular complexity index is 756. The summed E-state index contributed by atoms with van der Waals surface area (Å²) in [5, 5.41) is 2.96. The van der Waals surface area contributed by atoms with Crippen molar-refractivity contribution in [3.8, 4) is 0 Å². The summed E-state index contributed by atoms with van der Waals surface area (Å²) in [6.45, 7) is 5.04. The number of hydrogen-bond donors (Lipinski definition) is 1. The van der Waals surface area contributed by atoms with Gasteiger partial charge in [-0.05, 0) is 45.0 Å². The van der Waals surface area contributed by atoms with Gasteiger partial charge in [0.05, 0.1) is 11.0 Å². The zero-order chi connectivity index (χ0) is 16.4. The van der Waals surface area contributed by atoms with E-state index in [1.807, 2.05) is 24.3 Å². The molecule has 1 fully saturated rings. The van der Waals surface area contributed by atoms with Gasteiger partial charge < -0.3 is 5.32 Å². The molecule has 0 bridgehead atoms. The Morgan fingerprint density at radius 2 is 1.87 bits per heavy atom. The Morgan fingerprint density at radius 3 is 2.57 bits per heavy atom. The van der Waals surface area contributed by atoms with Gasteiger partial charge in [-0.25, -0.2) is 4.79 Å². The number of fused-ring (bicyclic) bond motifs is 1. The number of hydrogen-bond acceptors (Lipinski definition) is 3. The first kappa shape index (κ1) is 15.8. The Hall–Kier alpha value is -2.08. The lowest BCUT2D eigenvalue weighted by molar-refractivity contribution is -0.121. The smallest absolute Gasteiger partial charge is 0.329 e. The second-order valence-electron chi connectivity index (χ2n) is 6.31. The van der Waals surface area contributed by atoms with Gasteiger partial charge >= 0.3 is 5.69 Å². The van der Waals surface area contributed by atoms with Crippen molar-refractivity contribution in [2.45, 2.75) is 32.4 Å². The van der Waals surface area contributed by atoms with Crippen molar-refractivity contribution < 1.29 is 4.79 Å². The van der Waals surface area contributed by atoms with E-state index >= 15 is 0 Å². The fourth-order valence-corrected chi connectivity index (χ4v) is 3.29. The lowest BCUT2D eigenvalue weighted by atomic mass is 10.3. The normalized spacial score (nSPS) is 16.8. The van der Waals surface area contributed by atoms with E-state index in [4.69, 9.17) is 0 Å². The van der Waals surface area contributed by atoms with Crippen LogP contribution in [-0.4, -0.2) is 45.6 Å². The van der Waals surface area contributed by atoms with Crippen LogP contribution >= 0.6 is 0 Å². The number of rotatable bonds is 5. The van der Waals surface area contributed by atoms with Crippen LogP contribution < -0.4 is 11.0 Å². The average Bonchev–Trinajstić information content (AvgIpc) is 3.17. The van der Waals surface area contributed by atoms with Crippen molar-refractivity contribution in [2.75, 3.05) is 19.6 Å². The Labute approximate surface area is 135 Å². The number of amides is 1. The van der Waals surface area contributed by atoms with Crippen molar-refractivity contribution in [1.82, 2.24) is 19.4 Å². The number of likely N-dealkylation sites (tertiary alicyclic amines) is 1. The van der Waals surface area contributed by atoms with E-state index in [2.05, 4.69) is 17.1 Å². The first-order chi connectivity index (χ1) is 11.1. The van der Waals surface area contributed by atoms with Gasteiger partial charge in [0.15, 0.2) is 0 Å². The van der Waals surface area contributed by atoms with Gasteiger partial charge in [-0.2, -0.15) is 0 Å². The molecule has 3 rings (SSSR count). The molecule has 1 aromatic carbocycles. The predicted octanol–water partition coefficient (Wildman–Crippen LogP) is 0.940. The van der Waals surface area contributed by atoms with Crippen molar-refractivity contribution >= 4 is 16.9 Å². The highest BCUT2D eigenvalue weighted by Crippen LogP contribution is 2.12. The van der Waals surface area contributed by atoms with Crippen LogP contribution in [0.4, 0.5) is 0 Å². The quantitative estimate of drug-likeness (QED) is 0.893. The van der Waals surface area contributed by atoms with E-state index in [1.165, 1.54) is 17.4 Å². The molecule has 0 aliphatic carbocycles. The van der Waals surface area contributed by atoms with Crippen molar-refractivity contribution in [3.63, 3.8) is 0 Å².